The van der Waals surface area contributed by atoms with E-state index >= 15 is 0 Å². The largest absolute Gasteiger partial charge is 0.497 e. The first-order valence-electron chi connectivity index (χ1n) is 8.20. The van der Waals surface area contributed by atoms with Gasteiger partial charge in [0.2, 0.25) is 0 Å². The van der Waals surface area contributed by atoms with Gasteiger partial charge < -0.3 is 10.5 Å². The van der Waals surface area contributed by atoms with Gasteiger partial charge in [-0.2, -0.15) is 0 Å². The maximum absolute atomic E-state index is 6.34. The van der Waals surface area contributed by atoms with E-state index < -0.39 is 0 Å². The highest BCUT2D eigenvalue weighted by molar-refractivity contribution is 5.31. The summed E-state index contributed by atoms with van der Waals surface area (Å²) >= 11 is 0. The summed E-state index contributed by atoms with van der Waals surface area (Å²) in [5.74, 6) is 0.901. The van der Waals surface area contributed by atoms with Gasteiger partial charge in [0.15, 0.2) is 0 Å². The Hall–Kier alpha value is -1.06. The van der Waals surface area contributed by atoms with E-state index in [-0.39, 0.29) is 12.1 Å². The van der Waals surface area contributed by atoms with Gasteiger partial charge in [-0.3, -0.25) is 4.90 Å². The van der Waals surface area contributed by atoms with Gasteiger partial charge in [-0.1, -0.05) is 32.4 Å². The van der Waals surface area contributed by atoms with Crippen LogP contribution >= 0.6 is 0 Å². The standard InChI is InChI=1S/C18H32N2O/c1-6-8-12-20(14(3)7-2)18(15(4)19)16-10-9-11-17(13-16)21-5/h9-11,13-15,18H,6-8,12,19H2,1-5H3. The first-order chi connectivity index (χ1) is 10.0. The Labute approximate surface area is 130 Å². The highest BCUT2D eigenvalue weighted by atomic mass is 16.5. The van der Waals surface area contributed by atoms with E-state index in [2.05, 4.69) is 50.8 Å². The lowest BCUT2D eigenvalue weighted by atomic mass is 9.96. The minimum absolute atomic E-state index is 0.0861. The van der Waals surface area contributed by atoms with Crippen molar-refractivity contribution in [3.05, 3.63) is 29.8 Å². The molecule has 3 nitrogen and oxygen atoms in total. The van der Waals surface area contributed by atoms with Crippen molar-refractivity contribution < 1.29 is 4.74 Å². The van der Waals surface area contributed by atoms with Crippen LogP contribution in [0.5, 0.6) is 5.75 Å². The second-order valence-corrected chi connectivity index (χ2v) is 5.93. The van der Waals surface area contributed by atoms with Crippen LogP contribution in [0, 0.1) is 0 Å². The van der Waals surface area contributed by atoms with Gasteiger partial charge in [-0.15, -0.1) is 0 Å². The fourth-order valence-electron chi connectivity index (χ4n) is 2.83. The van der Waals surface area contributed by atoms with Gasteiger partial charge in [-0.05, 0) is 50.9 Å². The minimum atomic E-state index is 0.0861. The third-order valence-corrected chi connectivity index (χ3v) is 4.22. The van der Waals surface area contributed by atoms with E-state index in [0.717, 1.165) is 18.7 Å². The third kappa shape index (κ3) is 5.01. The number of nitrogens with zero attached hydrogens (tertiary/aromatic N) is 1. The molecule has 0 bridgehead atoms. The van der Waals surface area contributed by atoms with Gasteiger partial charge in [0.1, 0.15) is 5.75 Å². The Morgan fingerprint density at radius 1 is 1.24 bits per heavy atom. The molecule has 0 amide bonds. The summed E-state index contributed by atoms with van der Waals surface area (Å²) in [7, 11) is 1.71. The van der Waals surface area contributed by atoms with E-state index in [1.807, 2.05) is 6.07 Å². The maximum atomic E-state index is 6.34. The zero-order valence-corrected chi connectivity index (χ0v) is 14.3. The molecule has 3 unspecified atom stereocenters. The van der Waals surface area contributed by atoms with Crippen molar-refractivity contribution >= 4 is 0 Å². The number of benzene rings is 1. The SMILES string of the molecule is CCCCN(C(C)CC)C(c1cccc(OC)c1)C(C)N. The smallest absolute Gasteiger partial charge is 0.119 e. The van der Waals surface area contributed by atoms with Gasteiger partial charge >= 0.3 is 0 Å². The minimum Gasteiger partial charge on any atom is -0.497 e. The molecular formula is C18H32N2O. The highest BCUT2D eigenvalue weighted by Gasteiger charge is 2.27. The average molecular weight is 292 g/mol. The summed E-state index contributed by atoms with van der Waals surface area (Å²) in [6.07, 6.45) is 3.55. The van der Waals surface area contributed by atoms with Crippen LogP contribution < -0.4 is 10.5 Å². The molecule has 0 spiro atoms. The summed E-state index contributed by atoms with van der Waals surface area (Å²) in [6, 6.07) is 9.18. The lowest BCUT2D eigenvalue weighted by molar-refractivity contribution is 0.121. The van der Waals surface area contributed by atoms with Crippen LogP contribution in [0.4, 0.5) is 0 Å². The topological polar surface area (TPSA) is 38.5 Å². The first kappa shape index (κ1) is 18.0. The second kappa shape index (κ2) is 9.06. The van der Waals surface area contributed by atoms with Gasteiger partial charge in [-0.25, -0.2) is 0 Å². The maximum Gasteiger partial charge on any atom is 0.119 e. The Balaban J connectivity index is 3.10. The van der Waals surface area contributed by atoms with Crippen molar-refractivity contribution in [2.75, 3.05) is 13.7 Å². The molecule has 0 fully saturated rings. The monoisotopic (exact) mass is 292 g/mol. The molecule has 0 saturated carbocycles. The van der Waals surface area contributed by atoms with Crippen LogP contribution in [0.3, 0.4) is 0 Å². The Bertz CT molecular complexity index is 406. The summed E-state index contributed by atoms with van der Waals surface area (Å²) < 4.78 is 5.37. The predicted molar refractivity (Wildman–Crippen MR) is 90.8 cm³/mol. The molecule has 2 N–H and O–H groups in total. The number of unbranched alkanes of at least 4 members (excludes halogenated alkanes) is 1. The van der Waals surface area contributed by atoms with Crippen LogP contribution in [0.2, 0.25) is 0 Å². The second-order valence-electron chi connectivity index (χ2n) is 5.93. The molecule has 3 atom stereocenters. The number of rotatable bonds is 9. The molecule has 0 aliphatic carbocycles. The normalized spacial score (nSPS) is 15.8. The fourth-order valence-corrected chi connectivity index (χ4v) is 2.83. The van der Waals surface area contributed by atoms with Crippen LogP contribution in [0.25, 0.3) is 0 Å². The molecule has 1 aromatic rings. The Kier molecular flexibility index (Phi) is 7.76. The van der Waals surface area contributed by atoms with E-state index in [4.69, 9.17) is 10.5 Å². The molecule has 0 aliphatic heterocycles. The molecule has 0 saturated heterocycles. The lowest BCUT2D eigenvalue weighted by Gasteiger charge is -2.39. The number of hydrogen-bond acceptors (Lipinski definition) is 3. The van der Waals surface area contributed by atoms with Crippen LogP contribution in [-0.4, -0.2) is 30.6 Å². The highest BCUT2D eigenvalue weighted by Crippen LogP contribution is 2.29. The van der Waals surface area contributed by atoms with E-state index in [1.165, 1.54) is 18.4 Å². The van der Waals surface area contributed by atoms with Crippen molar-refractivity contribution in [1.29, 1.82) is 0 Å². The lowest BCUT2D eigenvalue weighted by Crippen LogP contribution is -2.44. The molecule has 0 heterocycles. The molecule has 21 heavy (non-hydrogen) atoms. The van der Waals surface area contributed by atoms with E-state index in [0.29, 0.717) is 6.04 Å². The van der Waals surface area contributed by atoms with Crippen molar-refractivity contribution in [2.45, 2.75) is 65.1 Å². The Morgan fingerprint density at radius 2 is 1.95 bits per heavy atom. The number of hydrogen-bond donors (Lipinski definition) is 1. The molecular weight excluding hydrogens is 260 g/mol. The van der Waals surface area contributed by atoms with Crippen LogP contribution in [0.1, 0.15) is 58.6 Å². The molecule has 1 rings (SSSR count). The summed E-state index contributed by atoms with van der Waals surface area (Å²) in [5, 5.41) is 0. The Morgan fingerprint density at radius 3 is 2.48 bits per heavy atom. The first-order valence-corrected chi connectivity index (χ1v) is 8.20. The number of methoxy groups -OCH3 is 1. The van der Waals surface area contributed by atoms with E-state index in [9.17, 15) is 0 Å². The van der Waals surface area contributed by atoms with Crippen molar-refractivity contribution in [3.8, 4) is 5.75 Å². The van der Waals surface area contributed by atoms with E-state index in [1.54, 1.807) is 7.11 Å². The predicted octanol–water partition coefficient (Wildman–Crippen LogP) is 3.98. The molecule has 1 aromatic carbocycles. The number of nitrogens with two attached hydrogens (primary N) is 1. The summed E-state index contributed by atoms with van der Waals surface area (Å²) in [6.45, 7) is 9.97. The van der Waals surface area contributed by atoms with Crippen molar-refractivity contribution in [1.82, 2.24) is 4.90 Å². The zero-order chi connectivity index (χ0) is 15.8. The quantitative estimate of drug-likeness (QED) is 0.748. The number of ether oxygens (including phenoxy) is 1. The fraction of sp³-hybridized carbons (Fsp3) is 0.667. The van der Waals surface area contributed by atoms with Crippen molar-refractivity contribution in [2.24, 2.45) is 5.73 Å². The molecule has 0 aliphatic rings. The van der Waals surface area contributed by atoms with Gasteiger partial charge in [0.05, 0.1) is 13.2 Å². The van der Waals surface area contributed by atoms with Crippen LogP contribution in [0.15, 0.2) is 24.3 Å². The van der Waals surface area contributed by atoms with Crippen LogP contribution in [-0.2, 0) is 0 Å². The third-order valence-electron chi connectivity index (χ3n) is 4.22. The molecule has 0 radical (unpaired) electrons. The van der Waals surface area contributed by atoms with Gasteiger partial charge in [0, 0.05) is 12.1 Å². The molecule has 120 valence electrons. The van der Waals surface area contributed by atoms with Crippen molar-refractivity contribution in [3.63, 3.8) is 0 Å². The molecule has 3 heteroatoms. The zero-order valence-electron chi connectivity index (χ0n) is 14.3. The summed E-state index contributed by atoms with van der Waals surface area (Å²) in [4.78, 5) is 2.56. The van der Waals surface area contributed by atoms with Gasteiger partial charge in [0.25, 0.3) is 0 Å². The average Bonchev–Trinajstić information content (AvgIpc) is 2.50. The molecule has 0 aromatic heterocycles. The summed E-state index contributed by atoms with van der Waals surface area (Å²) in [5.41, 5.74) is 7.59.